The molecule has 23 nitrogen and oxygen atoms in total. The molecule has 1 aromatic carbocycles. The zero-order chi connectivity index (χ0) is 52.3. The van der Waals surface area contributed by atoms with E-state index in [0.29, 0.717) is 5.56 Å². The lowest BCUT2D eigenvalue weighted by Crippen LogP contribution is -2.62. The Balaban J connectivity index is 2.51. The Morgan fingerprint density at radius 2 is 1.33 bits per heavy atom. The van der Waals surface area contributed by atoms with Gasteiger partial charge in [0.1, 0.15) is 43.4 Å². The van der Waals surface area contributed by atoms with E-state index in [-0.39, 0.29) is 32.4 Å². The van der Waals surface area contributed by atoms with Crippen LogP contribution in [0.4, 0.5) is 4.79 Å². The number of nitrogens with one attached hydrogen (secondary N) is 7. The standard InChI is InChI=1S/C46H66N8O15/c1-10-12-29(39(61)45(67)47-21-34(60)69-19-11-2)49-44(66)38-37(53-46(68)54(38)22-28-14-13-25(7)26(8)20-28)40(62)35(23(3)4)51-43(65)36(24(5)6)52-42(64)31(16-18-33(58)59)50-41(63)30(48-27(9)55)15-17-32(56)57/h11,13-14,20,23-24,29-31,35-38H,2,10,12,15-19,21-22H2,1,3-9H3,(H,47,67)(H,48,55)(H,49,66)(H,50,63)(H,51,65)(H,52,64)(H,53,68)(H,56,57)(H,58,59)/t29?,30-,31-,35-,36-,37?,38+/m0/s1. The largest absolute Gasteiger partial charge is 0.481 e. The number of hydrogen-bond donors (Lipinski definition) is 9. The fourth-order valence-corrected chi connectivity index (χ4v) is 7.19. The quantitative estimate of drug-likeness (QED) is 0.0286. The maximum absolute atomic E-state index is 14.7. The van der Waals surface area contributed by atoms with Crippen molar-refractivity contribution in [1.29, 1.82) is 0 Å². The average molecular weight is 971 g/mol. The van der Waals surface area contributed by atoms with Gasteiger partial charge in [-0.15, -0.1) is 0 Å². The molecule has 9 N–H and O–H groups in total. The van der Waals surface area contributed by atoms with E-state index in [0.717, 1.165) is 23.0 Å². The molecule has 23 heteroatoms. The molecule has 0 radical (unpaired) electrons. The van der Waals surface area contributed by atoms with Gasteiger partial charge in [-0.25, -0.2) is 4.79 Å². The number of carboxylic acids is 2. The van der Waals surface area contributed by atoms with E-state index >= 15 is 0 Å². The van der Waals surface area contributed by atoms with Crippen LogP contribution < -0.4 is 37.2 Å². The van der Waals surface area contributed by atoms with Gasteiger partial charge >= 0.3 is 23.9 Å². The SMILES string of the molecule is C=CCOC(=O)CNC(=O)C(=O)C(CCC)NC(=O)[C@H]1C(C(=O)[C@@H](NC(=O)[C@@H](NC(=O)[C@H](CCC(=O)O)NC(=O)[C@H](CCC(=O)O)NC(C)=O)C(C)C)C(C)C)NC(=O)N1Cc1ccc(C)c(C)c1. The first-order valence-corrected chi connectivity index (χ1v) is 22.5. The van der Waals surface area contributed by atoms with Crippen molar-refractivity contribution < 1.29 is 72.5 Å². The van der Waals surface area contributed by atoms with Gasteiger partial charge < -0.3 is 57.1 Å². The number of aryl methyl sites for hydroxylation is 2. The third-order valence-corrected chi connectivity index (χ3v) is 11.0. The number of amides is 8. The molecule has 1 aromatic rings. The number of benzene rings is 1. The lowest BCUT2D eigenvalue weighted by molar-refractivity contribution is -0.145. The number of Topliss-reactive ketones (excluding diaryl/α,β-unsaturated/α-hetero) is 2. The number of carbonyl (C=O) groups excluding carboxylic acids is 10. The van der Waals surface area contributed by atoms with Gasteiger partial charge in [-0.05, 0) is 61.6 Å². The molecule has 1 heterocycles. The first kappa shape index (κ1) is 57.9. The summed E-state index contributed by atoms with van der Waals surface area (Å²) in [6, 6.07) is -6.23. The van der Waals surface area contributed by atoms with Gasteiger partial charge in [0.15, 0.2) is 5.78 Å². The maximum atomic E-state index is 14.7. The number of urea groups is 1. The second-order valence-electron chi connectivity index (χ2n) is 17.3. The van der Waals surface area contributed by atoms with Crippen molar-refractivity contribution >= 4 is 70.9 Å². The van der Waals surface area contributed by atoms with Crippen LogP contribution in [0, 0.1) is 25.7 Å². The summed E-state index contributed by atoms with van der Waals surface area (Å²) in [7, 11) is 0. The van der Waals surface area contributed by atoms with Gasteiger partial charge in [0, 0.05) is 26.3 Å². The van der Waals surface area contributed by atoms with Crippen LogP contribution >= 0.6 is 0 Å². The topological polar surface area (TPSA) is 342 Å². The number of aliphatic carboxylic acids is 2. The van der Waals surface area contributed by atoms with Gasteiger partial charge in [-0.1, -0.05) is 71.9 Å². The molecule has 380 valence electrons. The fourth-order valence-electron chi connectivity index (χ4n) is 7.19. The Bertz CT molecular complexity index is 2130. The Hall–Kier alpha value is -7.20. The summed E-state index contributed by atoms with van der Waals surface area (Å²) in [6.45, 7) is 15.1. The van der Waals surface area contributed by atoms with Gasteiger partial charge in [0.25, 0.3) is 5.91 Å². The minimum absolute atomic E-state index is 0.0583. The first-order chi connectivity index (χ1) is 32.3. The van der Waals surface area contributed by atoms with Crippen molar-refractivity contribution in [2.45, 2.75) is 143 Å². The van der Waals surface area contributed by atoms with E-state index in [1.54, 1.807) is 52.8 Å². The summed E-state index contributed by atoms with van der Waals surface area (Å²) < 4.78 is 4.82. The van der Waals surface area contributed by atoms with Crippen LogP contribution in [0.25, 0.3) is 0 Å². The van der Waals surface area contributed by atoms with E-state index in [9.17, 15) is 62.6 Å². The van der Waals surface area contributed by atoms with Crippen LogP contribution in [0.15, 0.2) is 30.9 Å². The third kappa shape index (κ3) is 18.1. The molecular formula is C46H66N8O15. The Morgan fingerprint density at radius 1 is 0.768 bits per heavy atom. The molecule has 1 fully saturated rings. The van der Waals surface area contributed by atoms with E-state index in [1.807, 2.05) is 13.8 Å². The third-order valence-electron chi connectivity index (χ3n) is 11.0. The first-order valence-electron chi connectivity index (χ1n) is 22.5. The van der Waals surface area contributed by atoms with E-state index < -0.39 is 151 Å². The minimum Gasteiger partial charge on any atom is -0.481 e. The van der Waals surface area contributed by atoms with Crippen LogP contribution in [0.2, 0.25) is 0 Å². The van der Waals surface area contributed by atoms with Crippen molar-refractivity contribution in [3.05, 3.63) is 47.5 Å². The van der Waals surface area contributed by atoms with Crippen molar-refractivity contribution in [2.24, 2.45) is 11.8 Å². The van der Waals surface area contributed by atoms with Crippen molar-refractivity contribution in [2.75, 3.05) is 13.2 Å². The summed E-state index contributed by atoms with van der Waals surface area (Å²) in [5.74, 6) is -12.7. The zero-order valence-corrected chi connectivity index (χ0v) is 40.2. The van der Waals surface area contributed by atoms with Crippen molar-refractivity contribution in [1.82, 2.24) is 42.1 Å². The van der Waals surface area contributed by atoms with Gasteiger partial charge in [0.05, 0.1) is 12.1 Å². The predicted octanol–water partition coefficient (Wildman–Crippen LogP) is -0.165. The summed E-state index contributed by atoms with van der Waals surface area (Å²) in [4.78, 5) is 158. The number of ether oxygens (including phenoxy) is 1. The Morgan fingerprint density at radius 3 is 1.86 bits per heavy atom. The highest BCUT2D eigenvalue weighted by molar-refractivity contribution is 6.38. The summed E-state index contributed by atoms with van der Waals surface area (Å²) in [6.07, 6.45) is -0.483. The van der Waals surface area contributed by atoms with Gasteiger partial charge in [0.2, 0.25) is 35.3 Å². The highest BCUT2D eigenvalue weighted by Crippen LogP contribution is 2.23. The number of nitrogens with zero attached hydrogens (tertiary/aromatic N) is 1. The highest BCUT2D eigenvalue weighted by Gasteiger charge is 2.50. The molecule has 2 unspecified atom stereocenters. The molecule has 69 heavy (non-hydrogen) atoms. The van der Waals surface area contributed by atoms with Gasteiger partial charge in [-0.2, -0.15) is 0 Å². The second-order valence-corrected chi connectivity index (χ2v) is 17.3. The summed E-state index contributed by atoms with van der Waals surface area (Å²) in [5.41, 5.74) is 2.38. The second kappa shape index (κ2) is 27.6. The minimum atomic E-state index is -1.66. The molecule has 0 aliphatic carbocycles. The van der Waals surface area contributed by atoms with Crippen LogP contribution in [-0.4, -0.2) is 142 Å². The average Bonchev–Trinajstić information content (AvgIpc) is 3.60. The van der Waals surface area contributed by atoms with Crippen molar-refractivity contribution in [3.63, 3.8) is 0 Å². The molecule has 0 saturated carbocycles. The summed E-state index contributed by atoms with van der Waals surface area (Å²) in [5, 5.41) is 35.5. The molecule has 7 atom stereocenters. The molecule has 1 saturated heterocycles. The van der Waals surface area contributed by atoms with Crippen LogP contribution in [0.5, 0.6) is 0 Å². The van der Waals surface area contributed by atoms with E-state index in [1.165, 1.54) is 6.08 Å². The zero-order valence-electron chi connectivity index (χ0n) is 40.2. The van der Waals surface area contributed by atoms with Crippen LogP contribution in [0.1, 0.15) is 96.8 Å². The van der Waals surface area contributed by atoms with Crippen LogP contribution in [0.3, 0.4) is 0 Å². The smallest absolute Gasteiger partial charge is 0.325 e. The number of rotatable bonds is 29. The lowest BCUT2D eigenvalue weighted by atomic mass is 9.90. The molecule has 8 amide bonds. The highest BCUT2D eigenvalue weighted by atomic mass is 16.5. The molecule has 2 rings (SSSR count). The predicted molar refractivity (Wildman–Crippen MR) is 245 cm³/mol. The monoisotopic (exact) mass is 970 g/mol. The molecule has 1 aliphatic rings. The van der Waals surface area contributed by atoms with E-state index in [2.05, 4.69) is 43.8 Å². The van der Waals surface area contributed by atoms with Crippen molar-refractivity contribution in [3.8, 4) is 0 Å². The Kier molecular flexibility index (Phi) is 23.1. The molecule has 0 bridgehead atoms. The normalized spacial score (nSPS) is 16.4. The molecule has 0 aromatic heterocycles. The lowest BCUT2D eigenvalue weighted by Gasteiger charge is -2.31. The van der Waals surface area contributed by atoms with Gasteiger partial charge in [-0.3, -0.25) is 52.7 Å². The summed E-state index contributed by atoms with van der Waals surface area (Å²) >= 11 is 0. The van der Waals surface area contributed by atoms with E-state index in [4.69, 9.17) is 9.84 Å². The molecule has 0 spiro atoms. The molecular weight excluding hydrogens is 905 g/mol. The van der Waals surface area contributed by atoms with Crippen LogP contribution in [-0.2, 0) is 64.0 Å². The number of carboxylic acid groups (broad SMARTS) is 2. The number of carbonyl (C=O) groups is 12. The fraction of sp³-hybridized carbons (Fsp3) is 0.565. The maximum Gasteiger partial charge on any atom is 0.325 e. The number of ketones is 2. The molecule has 1 aliphatic heterocycles. The number of esters is 1. The Labute approximate surface area is 400 Å². The number of hydrogen-bond acceptors (Lipinski definition) is 13.